The Hall–Kier alpha value is -0.890. The second-order valence-electron chi connectivity index (χ2n) is 9.53. The van der Waals surface area contributed by atoms with E-state index in [4.69, 9.17) is 0 Å². The van der Waals surface area contributed by atoms with Gasteiger partial charge in [0.1, 0.15) is 0 Å². The third-order valence-electron chi connectivity index (χ3n) is 8.34. The van der Waals surface area contributed by atoms with Gasteiger partial charge in [-0.2, -0.15) is 0 Å². The van der Waals surface area contributed by atoms with E-state index in [1.54, 1.807) is 6.92 Å². The Balaban J connectivity index is 1.70. The standard InChI is InChI=1S/C22H32O2/c1-13-11-19-17-6-5-15-12-16(24)7-9-21(15,3)18(17)8-10-22(19,4)20(13)14(2)23/h5,16-19,24H,6-12H2,1-4H3/t16-,17-,18+,19+,21-,22+/m0/s1. The molecule has 6 atom stereocenters. The third-order valence-corrected chi connectivity index (χ3v) is 8.34. The minimum atomic E-state index is -0.130. The number of hydrogen-bond donors (Lipinski definition) is 1. The Bertz CT molecular complexity index is 642. The first-order valence-electron chi connectivity index (χ1n) is 9.86. The van der Waals surface area contributed by atoms with Gasteiger partial charge in [0, 0.05) is 0 Å². The van der Waals surface area contributed by atoms with E-state index in [2.05, 4.69) is 26.8 Å². The molecule has 0 amide bonds. The topological polar surface area (TPSA) is 37.3 Å². The van der Waals surface area contributed by atoms with E-state index in [9.17, 15) is 9.90 Å². The minimum Gasteiger partial charge on any atom is -0.393 e. The Kier molecular flexibility index (Phi) is 3.66. The van der Waals surface area contributed by atoms with Crippen molar-refractivity contribution >= 4 is 5.78 Å². The van der Waals surface area contributed by atoms with Crippen molar-refractivity contribution in [3.05, 3.63) is 22.8 Å². The second-order valence-corrected chi connectivity index (χ2v) is 9.53. The van der Waals surface area contributed by atoms with Gasteiger partial charge in [-0.15, -0.1) is 0 Å². The molecule has 0 aliphatic heterocycles. The molecule has 2 heteroatoms. The molecule has 0 heterocycles. The average Bonchev–Trinajstić information content (AvgIpc) is 2.78. The molecule has 0 aromatic carbocycles. The van der Waals surface area contributed by atoms with Crippen molar-refractivity contribution in [2.24, 2.45) is 28.6 Å². The number of ketones is 1. The first-order chi connectivity index (χ1) is 11.3. The minimum absolute atomic E-state index is 0.104. The van der Waals surface area contributed by atoms with Gasteiger partial charge in [0.2, 0.25) is 0 Å². The fraction of sp³-hybridized carbons (Fsp3) is 0.773. The fourth-order valence-corrected chi connectivity index (χ4v) is 7.27. The summed E-state index contributed by atoms with van der Waals surface area (Å²) in [5.74, 6) is 2.38. The number of aliphatic hydroxyl groups is 1. The first kappa shape index (κ1) is 16.6. The average molecular weight is 328 g/mol. The highest BCUT2D eigenvalue weighted by atomic mass is 16.3. The molecule has 0 radical (unpaired) electrons. The van der Waals surface area contributed by atoms with Gasteiger partial charge in [0.15, 0.2) is 5.78 Å². The van der Waals surface area contributed by atoms with E-state index in [1.807, 2.05) is 0 Å². The van der Waals surface area contributed by atoms with E-state index < -0.39 is 0 Å². The van der Waals surface area contributed by atoms with Crippen LogP contribution in [0.1, 0.15) is 72.6 Å². The van der Waals surface area contributed by atoms with Crippen LogP contribution >= 0.6 is 0 Å². The van der Waals surface area contributed by atoms with E-state index in [-0.39, 0.29) is 16.9 Å². The quantitative estimate of drug-likeness (QED) is 0.700. The summed E-state index contributed by atoms with van der Waals surface area (Å²) in [6, 6.07) is 0. The highest BCUT2D eigenvalue weighted by Crippen LogP contribution is 2.65. The van der Waals surface area contributed by atoms with Crippen molar-refractivity contribution in [1.82, 2.24) is 0 Å². The molecule has 0 spiro atoms. The van der Waals surface area contributed by atoms with Gasteiger partial charge in [0.25, 0.3) is 0 Å². The summed E-state index contributed by atoms with van der Waals surface area (Å²) in [7, 11) is 0. The maximum absolute atomic E-state index is 12.3. The lowest BCUT2D eigenvalue weighted by atomic mass is 9.47. The van der Waals surface area contributed by atoms with Crippen LogP contribution in [0.15, 0.2) is 22.8 Å². The summed E-state index contributed by atoms with van der Waals surface area (Å²) in [6.45, 7) is 8.79. The van der Waals surface area contributed by atoms with Crippen LogP contribution in [0.25, 0.3) is 0 Å². The lowest BCUT2D eigenvalue weighted by molar-refractivity contribution is -0.115. The molecule has 0 unspecified atom stereocenters. The molecule has 2 saturated carbocycles. The molecule has 0 aromatic heterocycles. The SMILES string of the molecule is CC(=O)C1=C(C)C[C@@H]2[C@H]3CC=C4C[C@@H](O)CC[C@]4(C)[C@@H]3CC[C@@]12C. The number of allylic oxidation sites excluding steroid dienone is 3. The van der Waals surface area contributed by atoms with Gasteiger partial charge >= 0.3 is 0 Å². The summed E-state index contributed by atoms with van der Waals surface area (Å²) in [4.78, 5) is 12.3. The highest BCUT2D eigenvalue weighted by molar-refractivity contribution is 5.96. The second kappa shape index (κ2) is 5.30. The predicted molar refractivity (Wildman–Crippen MR) is 96.5 cm³/mol. The molecular formula is C22H32O2. The number of carbonyl (C=O) groups excluding carboxylic acids is 1. The summed E-state index contributed by atoms with van der Waals surface area (Å²) in [5, 5.41) is 10.1. The predicted octanol–water partition coefficient (Wildman–Crippen LogP) is 4.83. The van der Waals surface area contributed by atoms with Crippen LogP contribution in [0.2, 0.25) is 0 Å². The van der Waals surface area contributed by atoms with Crippen LogP contribution in [0.4, 0.5) is 0 Å². The maximum Gasteiger partial charge on any atom is 0.156 e. The van der Waals surface area contributed by atoms with E-state index >= 15 is 0 Å². The summed E-state index contributed by atoms with van der Waals surface area (Å²) < 4.78 is 0. The van der Waals surface area contributed by atoms with Gasteiger partial charge in [0.05, 0.1) is 6.10 Å². The largest absolute Gasteiger partial charge is 0.393 e. The zero-order valence-corrected chi connectivity index (χ0v) is 15.7. The van der Waals surface area contributed by atoms with Crippen molar-refractivity contribution in [2.75, 3.05) is 0 Å². The normalized spacial score (nSPS) is 47.6. The lowest BCUT2D eigenvalue weighted by Crippen LogP contribution is -2.50. The monoisotopic (exact) mass is 328 g/mol. The Morgan fingerprint density at radius 2 is 1.83 bits per heavy atom. The molecule has 0 saturated heterocycles. The van der Waals surface area contributed by atoms with Crippen molar-refractivity contribution in [2.45, 2.75) is 78.7 Å². The number of hydrogen-bond acceptors (Lipinski definition) is 2. The number of rotatable bonds is 1. The summed E-state index contributed by atoms with van der Waals surface area (Å²) in [5.41, 5.74) is 4.43. The van der Waals surface area contributed by atoms with Crippen LogP contribution in [-0.2, 0) is 4.79 Å². The third kappa shape index (κ3) is 2.08. The zero-order valence-electron chi connectivity index (χ0n) is 15.7. The fourth-order valence-electron chi connectivity index (χ4n) is 7.27. The Labute approximate surface area is 146 Å². The molecule has 4 rings (SSSR count). The van der Waals surface area contributed by atoms with Crippen molar-refractivity contribution in [1.29, 1.82) is 0 Å². The maximum atomic E-state index is 12.3. The molecule has 4 aliphatic rings. The van der Waals surface area contributed by atoms with Gasteiger partial charge in [-0.1, -0.05) is 31.1 Å². The Morgan fingerprint density at radius 1 is 1.12 bits per heavy atom. The molecule has 1 N–H and O–H groups in total. The van der Waals surface area contributed by atoms with E-state index in [0.717, 1.165) is 50.0 Å². The number of Topliss-reactive ketones (excluding diaryl/α,β-unsaturated/α-hetero) is 1. The van der Waals surface area contributed by atoms with Gasteiger partial charge in [-0.05, 0) is 93.0 Å². The lowest BCUT2D eigenvalue weighted by Gasteiger charge is -2.57. The van der Waals surface area contributed by atoms with Crippen LogP contribution in [0.3, 0.4) is 0 Å². The molecule has 132 valence electrons. The zero-order chi connectivity index (χ0) is 17.3. The first-order valence-corrected chi connectivity index (χ1v) is 9.86. The summed E-state index contributed by atoms with van der Waals surface area (Å²) in [6.07, 6.45) is 9.99. The number of aliphatic hydroxyl groups excluding tert-OH is 1. The van der Waals surface area contributed by atoms with Crippen LogP contribution in [0, 0.1) is 28.6 Å². The van der Waals surface area contributed by atoms with Gasteiger partial charge in [-0.3, -0.25) is 4.79 Å². The molecule has 4 aliphatic carbocycles. The van der Waals surface area contributed by atoms with Crippen LogP contribution in [0.5, 0.6) is 0 Å². The smallest absolute Gasteiger partial charge is 0.156 e. The van der Waals surface area contributed by atoms with Crippen molar-refractivity contribution in [3.63, 3.8) is 0 Å². The van der Waals surface area contributed by atoms with Crippen LogP contribution in [-0.4, -0.2) is 17.0 Å². The van der Waals surface area contributed by atoms with Crippen molar-refractivity contribution in [3.8, 4) is 0 Å². The molecular weight excluding hydrogens is 296 g/mol. The molecule has 0 bridgehead atoms. The van der Waals surface area contributed by atoms with Gasteiger partial charge < -0.3 is 5.11 Å². The molecule has 0 aromatic rings. The highest BCUT2D eigenvalue weighted by Gasteiger charge is 2.58. The molecule has 2 fully saturated rings. The summed E-state index contributed by atoms with van der Waals surface area (Å²) >= 11 is 0. The number of carbonyl (C=O) groups is 1. The van der Waals surface area contributed by atoms with Gasteiger partial charge in [-0.25, -0.2) is 0 Å². The van der Waals surface area contributed by atoms with E-state index in [0.29, 0.717) is 17.6 Å². The van der Waals surface area contributed by atoms with E-state index in [1.165, 1.54) is 17.6 Å². The molecule has 2 nitrogen and oxygen atoms in total. The number of fused-ring (bicyclic) bond motifs is 5. The molecule has 24 heavy (non-hydrogen) atoms. The Morgan fingerprint density at radius 3 is 2.54 bits per heavy atom. The van der Waals surface area contributed by atoms with Crippen LogP contribution < -0.4 is 0 Å². The van der Waals surface area contributed by atoms with Crippen molar-refractivity contribution < 1.29 is 9.90 Å².